The molecule has 0 radical (unpaired) electrons. The van der Waals surface area contributed by atoms with Crippen molar-refractivity contribution in [1.29, 1.82) is 0 Å². The second-order valence-corrected chi connectivity index (χ2v) is 6.16. The van der Waals surface area contributed by atoms with Crippen LogP contribution in [-0.2, 0) is 4.74 Å². The molecule has 0 bridgehead atoms. The molecular weight excluding hydrogens is 352 g/mol. The number of rotatable bonds is 6. The summed E-state index contributed by atoms with van der Waals surface area (Å²) in [6.45, 7) is 0.980. The van der Waals surface area contributed by atoms with Crippen molar-refractivity contribution >= 4 is 5.78 Å². The number of hydrogen-bond acceptors (Lipinski definition) is 7. The Morgan fingerprint density at radius 3 is 2.22 bits per heavy atom. The van der Waals surface area contributed by atoms with Crippen molar-refractivity contribution in [3.63, 3.8) is 0 Å². The maximum absolute atomic E-state index is 12.8. The molecule has 2 aliphatic rings. The molecule has 0 saturated carbocycles. The number of hydrogen-bond donors (Lipinski definition) is 0. The molecule has 0 unspecified atom stereocenters. The summed E-state index contributed by atoms with van der Waals surface area (Å²) >= 11 is 0. The molecule has 1 saturated heterocycles. The number of carbonyl (C=O) groups is 1. The molecular formula is C20H20O7. The largest absolute Gasteiger partial charge is 0.493 e. The van der Waals surface area contributed by atoms with Crippen molar-refractivity contribution in [2.75, 3.05) is 34.5 Å². The summed E-state index contributed by atoms with van der Waals surface area (Å²) in [5, 5.41) is 0. The zero-order valence-electron chi connectivity index (χ0n) is 15.3. The predicted octanol–water partition coefficient (Wildman–Crippen LogP) is 2.81. The van der Waals surface area contributed by atoms with Gasteiger partial charge in [0.2, 0.25) is 5.75 Å². The molecule has 0 amide bonds. The van der Waals surface area contributed by atoms with E-state index < -0.39 is 6.10 Å². The average Bonchev–Trinajstić information content (AvgIpc) is 3.52. The fourth-order valence-electron chi connectivity index (χ4n) is 3.19. The minimum absolute atomic E-state index is 0.106. The van der Waals surface area contributed by atoms with Crippen molar-refractivity contribution in [2.45, 2.75) is 12.2 Å². The monoisotopic (exact) mass is 372 g/mol. The Labute approximate surface area is 156 Å². The van der Waals surface area contributed by atoms with E-state index in [2.05, 4.69) is 0 Å². The van der Waals surface area contributed by atoms with Crippen LogP contribution in [-0.4, -0.2) is 46.4 Å². The number of fused-ring (bicyclic) bond motifs is 1. The van der Waals surface area contributed by atoms with Crippen LogP contribution in [0.2, 0.25) is 0 Å². The van der Waals surface area contributed by atoms with Gasteiger partial charge < -0.3 is 28.4 Å². The van der Waals surface area contributed by atoms with Gasteiger partial charge in [-0.15, -0.1) is 0 Å². The second-order valence-electron chi connectivity index (χ2n) is 6.16. The summed E-state index contributed by atoms with van der Waals surface area (Å²) in [5.74, 6) is 2.67. The Balaban J connectivity index is 1.56. The van der Waals surface area contributed by atoms with Gasteiger partial charge in [0.15, 0.2) is 34.9 Å². The molecule has 2 aliphatic heterocycles. The molecule has 2 atom stereocenters. The fourth-order valence-corrected chi connectivity index (χ4v) is 3.19. The third-order valence-corrected chi connectivity index (χ3v) is 4.59. The molecule has 2 aromatic carbocycles. The van der Waals surface area contributed by atoms with Crippen LogP contribution in [0.4, 0.5) is 0 Å². The minimum atomic E-state index is -0.560. The first-order valence-corrected chi connectivity index (χ1v) is 8.55. The van der Waals surface area contributed by atoms with E-state index in [1.165, 1.54) is 0 Å². The van der Waals surface area contributed by atoms with E-state index in [9.17, 15) is 4.79 Å². The molecule has 1 fully saturated rings. The van der Waals surface area contributed by atoms with Crippen molar-refractivity contribution in [2.24, 2.45) is 0 Å². The summed E-state index contributed by atoms with van der Waals surface area (Å²) in [6.07, 6.45) is -0.922. The molecule has 0 N–H and O–H groups in total. The molecule has 7 nitrogen and oxygen atoms in total. The lowest BCUT2D eigenvalue weighted by Crippen LogP contribution is -2.16. The van der Waals surface area contributed by atoms with Gasteiger partial charge in [-0.05, 0) is 35.9 Å². The minimum Gasteiger partial charge on any atom is -0.493 e. The van der Waals surface area contributed by atoms with Crippen LogP contribution in [0.1, 0.15) is 22.0 Å². The van der Waals surface area contributed by atoms with E-state index in [1.54, 1.807) is 51.7 Å². The van der Waals surface area contributed by atoms with Crippen molar-refractivity contribution in [1.82, 2.24) is 0 Å². The Morgan fingerprint density at radius 1 is 0.926 bits per heavy atom. The van der Waals surface area contributed by atoms with Gasteiger partial charge >= 0.3 is 0 Å². The van der Waals surface area contributed by atoms with Crippen molar-refractivity contribution in [3.05, 3.63) is 41.5 Å². The third kappa shape index (κ3) is 3.14. The maximum atomic E-state index is 12.8. The predicted molar refractivity (Wildman–Crippen MR) is 95.5 cm³/mol. The van der Waals surface area contributed by atoms with Crippen molar-refractivity contribution in [3.8, 4) is 28.7 Å². The highest BCUT2D eigenvalue weighted by Gasteiger charge is 2.47. The fraction of sp³-hybridized carbons (Fsp3) is 0.350. The van der Waals surface area contributed by atoms with Crippen LogP contribution >= 0.6 is 0 Å². The molecule has 142 valence electrons. The summed E-state index contributed by atoms with van der Waals surface area (Å²) < 4.78 is 32.8. The zero-order chi connectivity index (χ0) is 19.0. The number of ether oxygens (including phenoxy) is 6. The smallest absolute Gasteiger partial charge is 0.203 e. The number of epoxide rings is 1. The van der Waals surface area contributed by atoms with Crippen molar-refractivity contribution < 1.29 is 33.2 Å². The highest BCUT2D eigenvalue weighted by molar-refractivity contribution is 6.02. The van der Waals surface area contributed by atoms with E-state index >= 15 is 0 Å². The summed E-state index contributed by atoms with van der Waals surface area (Å²) in [6, 6.07) is 8.76. The maximum Gasteiger partial charge on any atom is 0.203 e. The first kappa shape index (κ1) is 17.5. The van der Waals surface area contributed by atoms with Gasteiger partial charge in [-0.3, -0.25) is 4.79 Å². The topological polar surface area (TPSA) is 75.8 Å². The lowest BCUT2D eigenvalue weighted by atomic mass is 10.0. The third-order valence-electron chi connectivity index (χ3n) is 4.59. The average molecular weight is 372 g/mol. The summed E-state index contributed by atoms with van der Waals surface area (Å²) in [7, 11) is 4.64. The Hall–Kier alpha value is -2.93. The van der Waals surface area contributed by atoms with Crippen LogP contribution < -0.4 is 23.7 Å². The number of Topliss-reactive ketones (excluding diaryl/α,β-unsaturated/α-hetero) is 1. The van der Waals surface area contributed by atoms with Crippen LogP contribution in [0, 0.1) is 0 Å². The molecule has 0 spiro atoms. The standard InChI is InChI=1S/C20H20O7/c1-22-15-9-12(10-16(23-2)19(15)24-3)18-20(27-18)17(21)11-4-5-13-14(8-11)26-7-6-25-13/h4-5,8-10,18,20H,6-7H2,1-3H3/t18-,20+/m0/s1. The number of benzene rings is 2. The molecule has 4 rings (SSSR count). The molecule has 2 heterocycles. The van der Waals surface area contributed by atoms with Crippen LogP contribution in [0.5, 0.6) is 28.7 Å². The first-order chi connectivity index (χ1) is 13.2. The Bertz CT molecular complexity index is 852. The summed E-state index contributed by atoms with van der Waals surface area (Å²) in [4.78, 5) is 12.8. The molecule has 27 heavy (non-hydrogen) atoms. The van der Waals surface area contributed by atoms with E-state index in [-0.39, 0.29) is 11.9 Å². The molecule has 0 aliphatic carbocycles. The number of methoxy groups -OCH3 is 3. The van der Waals surface area contributed by atoms with Crippen LogP contribution in [0.3, 0.4) is 0 Å². The quantitative estimate of drug-likeness (QED) is 0.570. The highest BCUT2D eigenvalue weighted by Crippen LogP contribution is 2.47. The van der Waals surface area contributed by atoms with Gasteiger partial charge in [-0.25, -0.2) is 0 Å². The SMILES string of the molecule is COc1cc([C@@H]2O[C@@H]2C(=O)c2ccc3c(c2)OCCO3)cc(OC)c1OC. The van der Waals surface area contributed by atoms with E-state index in [0.29, 0.717) is 47.5 Å². The zero-order valence-corrected chi connectivity index (χ0v) is 15.3. The molecule has 2 aromatic rings. The Morgan fingerprint density at radius 2 is 1.59 bits per heavy atom. The van der Waals surface area contributed by atoms with Crippen LogP contribution in [0.25, 0.3) is 0 Å². The normalized spacial score (nSPS) is 20.0. The lowest BCUT2D eigenvalue weighted by molar-refractivity contribution is 0.0952. The lowest BCUT2D eigenvalue weighted by Gasteiger charge is -2.18. The summed E-state index contributed by atoms with van der Waals surface area (Å²) in [5.41, 5.74) is 1.32. The van der Waals surface area contributed by atoms with Gasteiger partial charge in [0.05, 0.1) is 21.3 Å². The molecule has 0 aromatic heterocycles. The molecule has 7 heteroatoms. The number of carbonyl (C=O) groups excluding carboxylic acids is 1. The van der Waals surface area contributed by atoms with Gasteiger partial charge in [0, 0.05) is 5.56 Å². The second kappa shape index (κ2) is 7.00. The van der Waals surface area contributed by atoms with E-state index in [0.717, 1.165) is 5.56 Å². The van der Waals surface area contributed by atoms with E-state index in [1.807, 2.05) is 0 Å². The van der Waals surface area contributed by atoms with Gasteiger partial charge in [-0.2, -0.15) is 0 Å². The van der Waals surface area contributed by atoms with E-state index in [4.69, 9.17) is 28.4 Å². The van der Waals surface area contributed by atoms with Crippen LogP contribution in [0.15, 0.2) is 30.3 Å². The Kier molecular flexibility index (Phi) is 4.53. The van der Waals surface area contributed by atoms with Gasteiger partial charge in [0.1, 0.15) is 19.3 Å². The van der Waals surface area contributed by atoms with Gasteiger partial charge in [-0.1, -0.05) is 0 Å². The first-order valence-electron chi connectivity index (χ1n) is 8.55. The highest BCUT2D eigenvalue weighted by atomic mass is 16.6. The van der Waals surface area contributed by atoms with Gasteiger partial charge in [0.25, 0.3) is 0 Å². The number of ketones is 1.